The van der Waals surface area contributed by atoms with Crippen molar-refractivity contribution in [3.8, 4) is 0 Å². The van der Waals surface area contributed by atoms with Gasteiger partial charge in [0.15, 0.2) is 0 Å². The van der Waals surface area contributed by atoms with Crippen LogP contribution in [0.15, 0.2) is 18.2 Å². The van der Waals surface area contributed by atoms with Crippen molar-refractivity contribution in [1.29, 1.82) is 0 Å². The van der Waals surface area contributed by atoms with Gasteiger partial charge in [0, 0.05) is 23.2 Å². The van der Waals surface area contributed by atoms with Crippen LogP contribution in [0.5, 0.6) is 0 Å². The van der Waals surface area contributed by atoms with Gasteiger partial charge in [-0.15, -0.1) is 12.4 Å². The highest BCUT2D eigenvalue weighted by atomic mass is 35.5. The van der Waals surface area contributed by atoms with Gasteiger partial charge in [-0.2, -0.15) is 0 Å². The molecule has 1 fully saturated rings. The van der Waals surface area contributed by atoms with Crippen molar-refractivity contribution in [3.05, 3.63) is 34.3 Å². The van der Waals surface area contributed by atoms with E-state index < -0.39 is 0 Å². The highest BCUT2D eigenvalue weighted by molar-refractivity contribution is 6.31. The van der Waals surface area contributed by atoms with E-state index in [9.17, 15) is 4.79 Å². The molecule has 1 aromatic carbocycles. The van der Waals surface area contributed by atoms with Gasteiger partial charge >= 0.3 is 0 Å². The molecule has 1 aromatic rings. The molecule has 0 atom stereocenters. The van der Waals surface area contributed by atoms with Crippen molar-refractivity contribution >= 4 is 29.9 Å². The first-order valence-corrected chi connectivity index (χ1v) is 7.79. The number of hydrogen-bond acceptors (Lipinski definition) is 2. The lowest BCUT2D eigenvalue weighted by Gasteiger charge is -2.34. The van der Waals surface area contributed by atoms with Crippen molar-refractivity contribution in [2.75, 3.05) is 19.6 Å². The van der Waals surface area contributed by atoms with E-state index in [4.69, 9.17) is 11.6 Å². The summed E-state index contributed by atoms with van der Waals surface area (Å²) in [6.07, 6.45) is 3.05. The van der Waals surface area contributed by atoms with Crippen LogP contribution in [0.25, 0.3) is 0 Å². The molecule has 0 aliphatic carbocycles. The van der Waals surface area contributed by atoms with E-state index in [0.29, 0.717) is 16.6 Å². The van der Waals surface area contributed by atoms with Crippen LogP contribution in [0.4, 0.5) is 0 Å². The van der Waals surface area contributed by atoms with Crippen LogP contribution in [-0.4, -0.2) is 36.5 Å². The Hall–Kier alpha value is -0.770. The maximum Gasteiger partial charge on any atom is 0.254 e. The van der Waals surface area contributed by atoms with E-state index in [0.717, 1.165) is 44.5 Å². The second-order valence-electron chi connectivity index (χ2n) is 5.44. The molecule has 0 bridgehead atoms. The predicted octanol–water partition coefficient (Wildman–Crippen LogP) is 3.67. The van der Waals surface area contributed by atoms with E-state index in [1.807, 2.05) is 24.0 Å². The lowest BCUT2D eigenvalue weighted by molar-refractivity contribution is 0.0642. The molecule has 118 valence electrons. The number of halogens is 2. The first-order valence-electron chi connectivity index (χ1n) is 7.41. The summed E-state index contributed by atoms with van der Waals surface area (Å²) in [5, 5.41) is 4.01. The van der Waals surface area contributed by atoms with Gasteiger partial charge in [-0.05, 0) is 57.0 Å². The smallest absolute Gasteiger partial charge is 0.254 e. The van der Waals surface area contributed by atoms with Crippen LogP contribution in [-0.2, 0) is 0 Å². The molecule has 1 saturated heterocycles. The van der Waals surface area contributed by atoms with Gasteiger partial charge in [-0.25, -0.2) is 0 Å². The van der Waals surface area contributed by atoms with Crippen molar-refractivity contribution in [2.45, 2.75) is 39.2 Å². The summed E-state index contributed by atoms with van der Waals surface area (Å²) in [5.74, 6) is 0.112. The molecule has 5 heteroatoms. The Kier molecular flexibility index (Phi) is 7.50. The largest absolute Gasteiger partial charge is 0.336 e. The van der Waals surface area contributed by atoms with Crippen molar-refractivity contribution in [1.82, 2.24) is 10.2 Å². The van der Waals surface area contributed by atoms with Gasteiger partial charge in [0.2, 0.25) is 0 Å². The van der Waals surface area contributed by atoms with Gasteiger partial charge in [0.25, 0.3) is 5.91 Å². The van der Waals surface area contributed by atoms with Crippen LogP contribution in [0, 0.1) is 6.92 Å². The minimum Gasteiger partial charge on any atom is -0.336 e. The lowest BCUT2D eigenvalue weighted by Crippen LogP contribution is -2.46. The molecule has 1 heterocycles. The summed E-state index contributed by atoms with van der Waals surface area (Å²) >= 11 is 6.14. The SMILES string of the molecule is CCCN(C(=O)c1ccc(C)c(Cl)c1)C1CCNCC1.Cl. The molecule has 0 unspecified atom stereocenters. The summed E-state index contributed by atoms with van der Waals surface area (Å²) in [6.45, 7) is 6.87. The van der Waals surface area contributed by atoms with Crippen LogP contribution in [0.3, 0.4) is 0 Å². The summed E-state index contributed by atoms with van der Waals surface area (Å²) < 4.78 is 0. The van der Waals surface area contributed by atoms with Crippen LogP contribution >= 0.6 is 24.0 Å². The first-order chi connectivity index (χ1) is 9.63. The third kappa shape index (κ3) is 4.60. The number of aryl methyl sites for hydroxylation is 1. The zero-order chi connectivity index (χ0) is 14.5. The maximum atomic E-state index is 12.7. The molecule has 2 rings (SSSR count). The zero-order valence-electron chi connectivity index (χ0n) is 12.7. The Bertz CT molecular complexity index is 473. The summed E-state index contributed by atoms with van der Waals surface area (Å²) in [4.78, 5) is 14.8. The molecular formula is C16H24Cl2N2O. The normalized spacial score (nSPS) is 15.4. The topological polar surface area (TPSA) is 32.3 Å². The third-order valence-electron chi connectivity index (χ3n) is 3.89. The van der Waals surface area contributed by atoms with Gasteiger partial charge in [-0.3, -0.25) is 4.79 Å². The Morgan fingerprint density at radius 1 is 1.38 bits per heavy atom. The van der Waals surface area contributed by atoms with E-state index in [1.165, 1.54) is 0 Å². The van der Waals surface area contributed by atoms with E-state index >= 15 is 0 Å². The van der Waals surface area contributed by atoms with E-state index in [2.05, 4.69) is 12.2 Å². The third-order valence-corrected chi connectivity index (χ3v) is 4.30. The Balaban J connectivity index is 0.00000220. The number of carbonyl (C=O) groups is 1. The first kappa shape index (κ1) is 18.3. The molecule has 0 radical (unpaired) electrons. The minimum atomic E-state index is 0. The molecule has 1 aliphatic rings. The van der Waals surface area contributed by atoms with Crippen LogP contribution < -0.4 is 5.32 Å². The molecular weight excluding hydrogens is 307 g/mol. The average molecular weight is 331 g/mol. The summed E-state index contributed by atoms with van der Waals surface area (Å²) in [7, 11) is 0. The summed E-state index contributed by atoms with van der Waals surface area (Å²) in [5.41, 5.74) is 1.71. The van der Waals surface area contributed by atoms with Crippen LogP contribution in [0.1, 0.15) is 42.1 Å². The number of nitrogens with one attached hydrogen (secondary N) is 1. The number of amides is 1. The molecule has 1 amide bonds. The average Bonchev–Trinajstić information content (AvgIpc) is 2.48. The van der Waals surface area contributed by atoms with Gasteiger partial charge < -0.3 is 10.2 Å². The predicted molar refractivity (Wildman–Crippen MR) is 90.7 cm³/mol. The molecule has 1 N–H and O–H groups in total. The Morgan fingerprint density at radius 3 is 2.62 bits per heavy atom. The second-order valence-corrected chi connectivity index (χ2v) is 5.85. The molecule has 0 spiro atoms. The standard InChI is InChI=1S/C16H23ClN2O.ClH/c1-3-10-19(14-6-8-18-9-7-14)16(20)13-5-4-12(2)15(17)11-13;/h4-5,11,14,18H,3,6-10H2,1-2H3;1H. The van der Waals surface area contributed by atoms with Crippen molar-refractivity contribution in [2.24, 2.45) is 0 Å². The van der Waals surface area contributed by atoms with Crippen LogP contribution in [0.2, 0.25) is 5.02 Å². The fourth-order valence-electron chi connectivity index (χ4n) is 2.70. The Morgan fingerprint density at radius 2 is 2.05 bits per heavy atom. The van der Waals surface area contributed by atoms with Crippen molar-refractivity contribution in [3.63, 3.8) is 0 Å². The Labute approximate surface area is 138 Å². The highest BCUT2D eigenvalue weighted by Crippen LogP contribution is 2.21. The van der Waals surface area contributed by atoms with Crippen molar-refractivity contribution < 1.29 is 4.79 Å². The van der Waals surface area contributed by atoms with E-state index in [-0.39, 0.29) is 18.3 Å². The number of rotatable bonds is 4. The summed E-state index contributed by atoms with van der Waals surface area (Å²) in [6, 6.07) is 5.95. The number of nitrogens with zero attached hydrogens (tertiary/aromatic N) is 1. The molecule has 0 aromatic heterocycles. The maximum absolute atomic E-state index is 12.7. The molecule has 0 saturated carbocycles. The molecule has 3 nitrogen and oxygen atoms in total. The van der Waals surface area contributed by atoms with E-state index in [1.54, 1.807) is 6.07 Å². The fraction of sp³-hybridized carbons (Fsp3) is 0.562. The lowest BCUT2D eigenvalue weighted by atomic mass is 10.0. The quantitative estimate of drug-likeness (QED) is 0.913. The molecule has 21 heavy (non-hydrogen) atoms. The second kappa shape index (κ2) is 8.62. The highest BCUT2D eigenvalue weighted by Gasteiger charge is 2.25. The van der Waals surface area contributed by atoms with Gasteiger partial charge in [-0.1, -0.05) is 24.6 Å². The fourth-order valence-corrected chi connectivity index (χ4v) is 2.88. The number of piperidine rings is 1. The minimum absolute atomic E-state index is 0. The number of benzene rings is 1. The van der Waals surface area contributed by atoms with Gasteiger partial charge in [0.1, 0.15) is 0 Å². The number of carbonyl (C=O) groups excluding carboxylic acids is 1. The zero-order valence-corrected chi connectivity index (χ0v) is 14.3. The monoisotopic (exact) mass is 330 g/mol. The number of hydrogen-bond donors (Lipinski definition) is 1. The molecule has 1 aliphatic heterocycles. The van der Waals surface area contributed by atoms with Gasteiger partial charge in [0.05, 0.1) is 0 Å².